The second kappa shape index (κ2) is 7.62. The molecular weight excluding hydrogens is 230 g/mol. The first-order valence-corrected chi connectivity index (χ1v) is 7.36. The van der Waals surface area contributed by atoms with Gasteiger partial charge in [0, 0.05) is 17.4 Å². The number of thioether (sulfide) groups is 1. The number of nitrogens with one attached hydrogen (secondary N) is 1. The third-order valence-electron chi connectivity index (χ3n) is 2.78. The van der Waals surface area contributed by atoms with Gasteiger partial charge in [-0.3, -0.25) is 0 Å². The molecule has 0 heterocycles. The Morgan fingerprint density at radius 3 is 2.71 bits per heavy atom. The van der Waals surface area contributed by atoms with E-state index in [1.807, 2.05) is 11.8 Å². The maximum atomic E-state index is 5.40. The second-order valence-corrected chi connectivity index (χ2v) is 5.26. The highest BCUT2D eigenvalue weighted by atomic mass is 32.2. The summed E-state index contributed by atoms with van der Waals surface area (Å²) >= 11 is 1.92. The van der Waals surface area contributed by atoms with Crippen LogP contribution in [0.5, 0.6) is 5.75 Å². The van der Waals surface area contributed by atoms with Crippen LogP contribution in [0, 0.1) is 0 Å². The predicted octanol–water partition coefficient (Wildman–Crippen LogP) is 3.62. The number of rotatable bonds is 7. The Kier molecular flexibility index (Phi) is 6.45. The number of hydrogen-bond acceptors (Lipinski definition) is 3. The molecule has 1 atom stereocenters. The Morgan fingerprint density at radius 2 is 2.12 bits per heavy atom. The summed E-state index contributed by atoms with van der Waals surface area (Å²) in [6.07, 6.45) is 0. The number of benzene rings is 1. The molecule has 1 aromatic carbocycles. The van der Waals surface area contributed by atoms with Crippen LogP contribution < -0.4 is 10.1 Å². The van der Waals surface area contributed by atoms with Gasteiger partial charge in [0.05, 0.1) is 7.11 Å². The van der Waals surface area contributed by atoms with Crippen molar-refractivity contribution < 1.29 is 4.74 Å². The Hall–Kier alpha value is -0.670. The van der Waals surface area contributed by atoms with E-state index in [0.29, 0.717) is 6.04 Å². The van der Waals surface area contributed by atoms with Crippen molar-refractivity contribution in [2.45, 2.75) is 32.6 Å². The quantitative estimate of drug-likeness (QED) is 0.802. The fourth-order valence-electron chi connectivity index (χ4n) is 1.82. The van der Waals surface area contributed by atoms with E-state index in [0.717, 1.165) is 23.8 Å². The molecule has 0 fully saturated rings. The first-order chi connectivity index (χ1) is 8.22. The van der Waals surface area contributed by atoms with Gasteiger partial charge in [-0.15, -0.1) is 0 Å². The number of methoxy groups -OCH3 is 1. The van der Waals surface area contributed by atoms with E-state index in [-0.39, 0.29) is 0 Å². The largest absolute Gasteiger partial charge is 0.496 e. The summed E-state index contributed by atoms with van der Waals surface area (Å²) in [7, 11) is 1.74. The molecule has 0 saturated heterocycles. The molecule has 0 saturated carbocycles. The zero-order chi connectivity index (χ0) is 12.7. The van der Waals surface area contributed by atoms with Crippen molar-refractivity contribution >= 4 is 11.8 Å². The lowest BCUT2D eigenvalue weighted by Gasteiger charge is -2.16. The Morgan fingerprint density at radius 1 is 1.35 bits per heavy atom. The predicted molar refractivity (Wildman–Crippen MR) is 76.9 cm³/mol. The van der Waals surface area contributed by atoms with Gasteiger partial charge in [-0.05, 0) is 36.9 Å². The molecule has 1 N–H and O–H groups in total. The van der Waals surface area contributed by atoms with Crippen LogP contribution in [0.25, 0.3) is 0 Å². The number of ether oxygens (including phenoxy) is 1. The number of hydrogen-bond donors (Lipinski definition) is 1. The average Bonchev–Trinajstić information content (AvgIpc) is 2.36. The van der Waals surface area contributed by atoms with Crippen LogP contribution >= 0.6 is 11.8 Å². The first kappa shape index (κ1) is 14.4. The summed E-state index contributed by atoms with van der Waals surface area (Å²) in [5, 5.41) is 3.43. The summed E-state index contributed by atoms with van der Waals surface area (Å²) in [5.41, 5.74) is 2.63. The molecule has 0 radical (unpaired) electrons. The maximum Gasteiger partial charge on any atom is 0.122 e. The summed E-state index contributed by atoms with van der Waals surface area (Å²) < 4.78 is 5.40. The van der Waals surface area contributed by atoms with Crippen molar-refractivity contribution in [3.63, 3.8) is 0 Å². The van der Waals surface area contributed by atoms with E-state index in [4.69, 9.17) is 4.74 Å². The fraction of sp³-hybridized carbons (Fsp3) is 0.571. The molecule has 0 amide bonds. The highest BCUT2D eigenvalue weighted by Crippen LogP contribution is 2.26. The normalized spacial score (nSPS) is 12.5. The van der Waals surface area contributed by atoms with Gasteiger partial charge in [0.15, 0.2) is 0 Å². The summed E-state index contributed by atoms with van der Waals surface area (Å²) in [5.74, 6) is 3.15. The Labute approximate surface area is 109 Å². The van der Waals surface area contributed by atoms with Crippen molar-refractivity contribution in [2.24, 2.45) is 0 Å². The van der Waals surface area contributed by atoms with Crippen LogP contribution in [0.4, 0.5) is 0 Å². The fourth-order valence-corrected chi connectivity index (χ4v) is 2.47. The molecule has 0 spiro atoms. The monoisotopic (exact) mass is 253 g/mol. The molecule has 0 aromatic heterocycles. The average molecular weight is 253 g/mol. The van der Waals surface area contributed by atoms with Crippen LogP contribution in [0.3, 0.4) is 0 Å². The molecule has 3 heteroatoms. The van der Waals surface area contributed by atoms with Crippen LogP contribution in [-0.2, 0) is 5.75 Å². The third-order valence-corrected chi connectivity index (χ3v) is 3.70. The van der Waals surface area contributed by atoms with Gasteiger partial charge in [0.1, 0.15) is 5.75 Å². The zero-order valence-corrected chi connectivity index (χ0v) is 12.1. The molecule has 0 aliphatic heterocycles. The van der Waals surface area contributed by atoms with Gasteiger partial charge in [-0.25, -0.2) is 0 Å². The molecule has 1 unspecified atom stereocenters. The van der Waals surface area contributed by atoms with Gasteiger partial charge < -0.3 is 10.1 Å². The highest BCUT2D eigenvalue weighted by molar-refractivity contribution is 7.98. The molecule has 96 valence electrons. The van der Waals surface area contributed by atoms with Crippen molar-refractivity contribution in [2.75, 3.05) is 19.4 Å². The van der Waals surface area contributed by atoms with Crippen molar-refractivity contribution in [1.29, 1.82) is 0 Å². The molecule has 0 aliphatic rings. The van der Waals surface area contributed by atoms with E-state index in [9.17, 15) is 0 Å². The molecule has 17 heavy (non-hydrogen) atoms. The van der Waals surface area contributed by atoms with Crippen molar-refractivity contribution in [3.8, 4) is 5.75 Å². The van der Waals surface area contributed by atoms with Gasteiger partial charge in [0.2, 0.25) is 0 Å². The minimum atomic E-state index is 0.399. The summed E-state index contributed by atoms with van der Waals surface area (Å²) in [4.78, 5) is 0. The minimum Gasteiger partial charge on any atom is -0.496 e. The molecule has 1 rings (SSSR count). The third kappa shape index (κ3) is 4.25. The van der Waals surface area contributed by atoms with Gasteiger partial charge in [-0.2, -0.15) is 11.8 Å². The molecule has 0 aliphatic carbocycles. The smallest absolute Gasteiger partial charge is 0.122 e. The van der Waals surface area contributed by atoms with Crippen molar-refractivity contribution in [1.82, 2.24) is 5.32 Å². The first-order valence-electron chi connectivity index (χ1n) is 6.20. The Balaban J connectivity index is 2.87. The van der Waals surface area contributed by atoms with E-state index in [2.05, 4.69) is 44.3 Å². The Bertz CT molecular complexity index is 341. The standard InChI is InChI=1S/C14H23NOS/c1-5-15-11(3)12-7-8-14(16-4)13(9-12)10-17-6-2/h7-9,11,15H,5-6,10H2,1-4H3. The van der Waals surface area contributed by atoms with Crippen molar-refractivity contribution in [3.05, 3.63) is 29.3 Å². The minimum absolute atomic E-state index is 0.399. The molecule has 0 bridgehead atoms. The zero-order valence-electron chi connectivity index (χ0n) is 11.2. The SMILES string of the molecule is CCNC(C)c1ccc(OC)c(CSCC)c1. The molecule has 2 nitrogen and oxygen atoms in total. The van der Waals surface area contributed by atoms with E-state index >= 15 is 0 Å². The summed E-state index contributed by atoms with van der Waals surface area (Å²) in [6.45, 7) is 7.50. The summed E-state index contributed by atoms with van der Waals surface area (Å²) in [6, 6.07) is 6.88. The van der Waals surface area contributed by atoms with Crippen LogP contribution in [0.1, 0.15) is 37.9 Å². The van der Waals surface area contributed by atoms with E-state index in [1.165, 1.54) is 11.1 Å². The lowest BCUT2D eigenvalue weighted by atomic mass is 10.0. The lowest BCUT2D eigenvalue weighted by Crippen LogP contribution is -2.17. The topological polar surface area (TPSA) is 21.3 Å². The van der Waals surface area contributed by atoms with Gasteiger partial charge >= 0.3 is 0 Å². The van der Waals surface area contributed by atoms with E-state index < -0.39 is 0 Å². The van der Waals surface area contributed by atoms with Gasteiger partial charge in [0.25, 0.3) is 0 Å². The second-order valence-electron chi connectivity index (χ2n) is 3.99. The van der Waals surface area contributed by atoms with Crippen LogP contribution in [0.2, 0.25) is 0 Å². The van der Waals surface area contributed by atoms with Crippen LogP contribution in [0.15, 0.2) is 18.2 Å². The maximum absolute atomic E-state index is 5.40. The van der Waals surface area contributed by atoms with E-state index in [1.54, 1.807) is 7.11 Å². The van der Waals surface area contributed by atoms with Gasteiger partial charge in [-0.1, -0.05) is 19.9 Å². The van der Waals surface area contributed by atoms with Crippen LogP contribution in [-0.4, -0.2) is 19.4 Å². The molecular formula is C14H23NOS. The highest BCUT2D eigenvalue weighted by Gasteiger charge is 2.08. The molecule has 1 aromatic rings. The lowest BCUT2D eigenvalue weighted by molar-refractivity contribution is 0.411.